The van der Waals surface area contributed by atoms with E-state index >= 15 is 0 Å². The fraction of sp³-hybridized carbons (Fsp3) is 0.444. The van der Waals surface area contributed by atoms with E-state index in [0.29, 0.717) is 23.8 Å². The highest BCUT2D eigenvalue weighted by atomic mass is 16.1. The minimum absolute atomic E-state index is 0.0308. The molecule has 0 radical (unpaired) electrons. The maximum absolute atomic E-state index is 11.8. The van der Waals surface area contributed by atoms with Crippen molar-refractivity contribution in [2.45, 2.75) is 26.8 Å². The molecule has 2 aromatic rings. The molecule has 0 amide bonds. The number of hydrogen-bond acceptors (Lipinski definition) is 4. The summed E-state index contributed by atoms with van der Waals surface area (Å²) in [4.78, 5) is 11.8. The summed E-state index contributed by atoms with van der Waals surface area (Å²) in [6.07, 6.45) is 2.53. The maximum atomic E-state index is 11.8. The average molecular weight is 207 g/mol. The molecule has 0 spiro atoms. The first-order valence-electron chi connectivity index (χ1n) is 4.85. The largest absolute Gasteiger partial charge is 0.368 e. The Hall–Kier alpha value is -1.85. The number of aryl methyl sites for hydroxylation is 2. The molecule has 0 aliphatic rings. The van der Waals surface area contributed by atoms with Gasteiger partial charge < -0.3 is 5.73 Å². The first kappa shape index (κ1) is 9.70. The van der Waals surface area contributed by atoms with Gasteiger partial charge in [0.2, 0.25) is 11.7 Å². The Morgan fingerprint density at radius 2 is 2.20 bits per heavy atom. The third-order valence-corrected chi connectivity index (χ3v) is 2.30. The van der Waals surface area contributed by atoms with Crippen LogP contribution in [0, 0.1) is 6.92 Å². The Morgan fingerprint density at radius 3 is 2.87 bits per heavy atom. The smallest absolute Gasteiger partial charge is 0.257 e. The molecule has 0 fully saturated rings. The summed E-state index contributed by atoms with van der Waals surface area (Å²) >= 11 is 0. The van der Waals surface area contributed by atoms with Gasteiger partial charge in [-0.15, -0.1) is 10.2 Å². The highest BCUT2D eigenvalue weighted by molar-refractivity contribution is 5.38. The van der Waals surface area contributed by atoms with Crippen molar-refractivity contribution in [1.29, 1.82) is 0 Å². The normalized spacial score (nSPS) is 11.1. The summed E-state index contributed by atoms with van der Waals surface area (Å²) in [5.41, 5.74) is 6.24. The van der Waals surface area contributed by atoms with Crippen LogP contribution in [0.4, 0.5) is 5.95 Å². The Labute approximate surface area is 86.3 Å². The van der Waals surface area contributed by atoms with E-state index in [4.69, 9.17) is 5.73 Å². The van der Waals surface area contributed by atoms with Crippen molar-refractivity contribution in [3.63, 3.8) is 0 Å². The zero-order chi connectivity index (χ0) is 11.0. The molecule has 15 heavy (non-hydrogen) atoms. The van der Waals surface area contributed by atoms with Crippen LogP contribution in [0.3, 0.4) is 0 Å². The summed E-state index contributed by atoms with van der Waals surface area (Å²) in [6.45, 7) is 4.39. The van der Waals surface area contributed by atoms with Gasteiger partial charge in [0, 0.05) is 18.3 Å². The molecule has 0 atom stereocenters. The quantitative estimate of drug-likeness (QED) is 0.762. The standard InChI is InChI=1S/C9H13N5O/c1-3-4-13-7(15)6(2)5-14-8(10)11-12-9(13)14/h5H,3-4H2,1-2H3,(H2,10,11). The van der Waals surface area contributed by atoms with Gasteiger partial charge in [-0.3, -0.25) is 13.8 Å². The van der Waals surface area contributed by atoms with Gasteiger partial charge in [0.25, 0.3) is 5.56 Å². The fourth-order valence-corrected chi connectivity index (χ4v) is 1.58. The molecule has 2 heterocycles. The van der Waals surface area contributed by atoms with Crippen molar-refractivity contribution in [2.24, 2.45) is 0 Å². The second-order valence-electron chi connectivity index (χ2n) is 3.50. The minimum Gasteiger partial charge on any atom is -0.368 e. The maximum Gasteiger partial charge on any atom is 0.257 e. The molecule has 0 aromatic carbocycles. The number of nitrogens with zero attached hydrogens (tertiary/aromatic N) is 4. The molecule has 0 aliphatic heterocycles. The number of nitrogens with two attached hydrogens (primary N) is 1. The van der Waals surface area contributed by atoms with Crippen LogP contribution in [0.5, 0.6) is 0 Å². The van der Waals surface area contributed by atoms with Crippen molar-refractivity contribution in [1.82, 2.24) is 19.2 Å². The van der Waals surface area contributed by atoms with E-state index in [9.17, 15) is 4.79 Å². The number of rotatable bonds is 2. The van der Waals surface area contributed by atoms with Crippen molar-refractivity contribution in [3.05, 3.63) is 22.1 Å². The van der Waals surface area contributed by atoms with Crippen LogP contribution in [0.15, 0.2) is 11.0 Å². The van der Waals surface area contributed by atoms with E-state index in [-0.39, 0.29) is 5.56 Å². The second-order valence-corrected chi connectivity index (χ2v) is 3.50. The lowest BCUT2D eigenvalue weighted by molar-refractivity contribution is 0.651. The van der Waals surface area contributed by atoms with Crippen LogP contribution in [-0.2, 0) is 6.54 Å². The first-order valence-corrected chi connectivity index (χ1v) is 4.85. The molecule has 2 rings (SSSR count). The number of aromatic nitrogens is 4. The van der Waals surface area contributed by atoms with Crippen LogP contribution in [0.1, 0.15) is 18.9 Å². The van der Waals surface area contributed by atoms with Crippen LogP contribution in [0.25, 0.3) is 5.78 Å². The van der Waals surface area contributed by atoms with E-state index in [0.717, 1.165) is 6.42 Å². The lowest BCUT2D eigenvalue weighted by Crippen LogP contribution is -2.24. The summed E-state index contributed by atoms with van der Waals surface area (Å²) in [5.74, 6) is 0.808. The van der Waals surface area contributed by atoms with E-state index in [1.807, 2.05) is 6.92 Å². The van der Waals surface area contributed by atoms with Crippen molar-refractivity contribution >= 4 is 11.7 Å². The van der Waals surface area contributed by atoms with Crippen LogP contribution >= 0.6 is 0 Å². The van der Waals surface area contributed by atoms with Crippen LogP contribution < -0.4 is 11.3 Å². The van der Waals surface area contributed by atoms with Gasteiger partial charge in [-0.25, -0.2) is 0 Å². The number of hydrogen-bond donors (Lipinski definition) is 1. The lowest BCUT2D eigenvalue weighted by atomic mass is 10.3. The van der Waals surface area contributed by atoms with Crippen molar-refractivity contribution in [2.75, 3.05) is 5.73 Å². The monoisotopic (exact) mass is 207 g/mol. The molecule has 0 unspecified atom stereocenters. The van der Waals surface area contributed by atoms with Gasteiger partial charge >= 0.3 is 0 Å². The Balaban J connectivity index is 2.84. The molecule has 0 saturated heterocycles. The van der Waals surface area contributed by atoms with Gasteiger partial charge in [-0.1, -0.05) is 6.92 Å². The predicted octanol–water partition coefficient (Wildman–Crippen LogP) is 0.192. The molecule has 6 nitrogen and oxygen atoms in total. The second kappa shape index (κ2) is 3.38. The summed E-state index contributed by atoms with van der Waals surface area (Å²) in [5, 5.41) is 7.64. The molecule has 80 valence electrons. The highest BCUT2D eigenvalue weighted by Crippen LogP contribution is 2.04. The van der Waals surface area contributed by atoms with Crippen LogP contribution in [-0.4, -0.2) is 19.2 Å². The third kappa shape index (κ3) is 1.38. The lowest BCUT2D eigenvalue weighted by Gasteiger charge is -2.06. The van der Waals surface area contributed by atoms with Crippen molar-refractivity contribution < 1.29 is 0 Å². The molecule has 0 aliphatic carbocycles. The van der Waals surface area contributed by atoms with Gasteiger partial charge in [0.15, 0.2) is 0 Å². The summed E-state index contributed by atoms with van der Waals surface area (Å²) < 4.78 is 3.23. The predicted molar refractivity (Wildman–Crippen MR) is 56.7 cm³/mol. The van der Waals surface area contributed by atoms with E-state index in [1.54, 1.807) is 22.1 Å². The van der Waals surface area contributed by atoms with E-state index in [1.165, 1.54) is 0 Å². The molecule has 0 bridgehead atoms. The van der Waals surface area contributed by atoms with E-state index in [2.05, 4.69) is 10.2 Å². The number of anilines is 1. The Bertz CT molecular complexity index is 553. The summed E-state index contributed by atoms with van der Waals surface area (Å²) in [6, 6.07) is 0. The van der Waals surface area contributed by atoms with Gasteiger partial charge in [0.05, 0.1) is 0 Å². The highest BCUT2D eigenvalue weighted by Gasteiger charge is 2.09. The topological polar surface area (TPSA) is 78.2 Å². The zero-order valence-corrected chi connectivity index (χ0v) is 8.77. The first-order chi connectivity index (χ1) is 7.15. The SMILES string of the molecule is CCCn1c(=O)c(C)cn2c(N)nnc12. The third-order valence-electron chi connectivity index (χ3n) is 2.30. The molecule has 2 aromatic heterocycles. The zero-order valence-electron chi connectivity index (χ0n) is 8.77. The molecule has 6 heteroatoms. The molecular formula is C9H13N5O. The van der Waals surface area contributed by atoms with Crippen molar-refractivity contribution in [3.8, 4) is 0 Å². The van der Waals surface area contributed by atoms with Gasteiger partial charge in [0.1, 0.15) is 0 Å². The van der Waals surface area contributed by atoms with Gasteiger partial charge in [-0.05, 0) is 13.3 Å². The van der Waals surface area contributed by atoms with Gasteiger partial charge in [-0.2, -0.15) is 0 Å². The average Bonchev–Trinajstić information content (AvgIpc) is 2.56. The van der Waals surface area contributed by atoms with Crippen LogP contribution in [0.2, 0.25) is 0 Å². The van der Waals surface area contributed by atoms with E-state index < -0.39 is 0 Å². The Kier molecular flexibility index (Phi) is 2.18. The molecule has 2 N–H and O–H groups in total. The summed E-state index contributed by atoms with van der Waals surface area (Å²) in [7, 11) is 0. The number of fused-ring (bicyclic) bond motifs is 1. The molecular weight excluding hydrogens is 194 g/mol. The molecule has 0 saturated carbocycles. The Morgan fingerprint density at radius 1 is 1.47 bits per heavy atom. The minimum atomic E-state index is -0.0308. The fourth-order valence-electron chi connectivity index (χ4n) is 1.58. The number of nitrogen functional groups attached to an aromatic ring is 1.